The number of rotatable bonds is 8. The van der Waals surface area contributed by atoms with E-state index in [1.54, 1.807) is 24.3 Å². The molecule has 0 saturated heterocycles. The summed E-state index contributed by atoms with van der Waals surface area (Å²) in [6.07, 6.45) is 12.7. The number of carboxylic acid groups (broad SMARTS) is 1. The largest absolute Gasteiger partial charge is 0.478 e. The van der Waals surface area contributed by atoms with Gasteiger partial charge in [0.2, 0.25) is 5.95 Å². The van der Waals surface area contributed by atoms with E-state index in [0.717, 1.165) is 66.5 Å². The zero-order valence-corrected chi connectivity index (χ0v) is 21.9. The number of nitrogens with two attached hydrogens (primary N) is 1. The lowest BCUT2D eigenvalue weighted by Gasteiger charge is -2.27. The molecule has 2 aliphatic carbocycles. The molecule has 0 amide bonds. The van der Waals surface area contributed by atoms with Gasteiger partial charge in [0.1, 0.15) is 0 Å². The van der Waals surface area contributed by atoms with Crippen LogP contribution in [0.5, 0.6) is 0 Å². The Balaban J connectivity index is 1.23. The molecular formula is C29H34N8O2. The zero-order valence-electron chi connectivity index (χ0n) is 21.9. The maximum Gasteiger partial charge on any atom is 0.335 e. The van der Waals surface area contributed by atoms with Gasteiger partial charge >= 0.3 is 5.97 Å². The van der Waals surface area contributed by atoms with Gasteiger partial charge in [-0.05, 0) is 62.3 Å². The molecule has 1 aromatic carbocycles. The van der Waals surface area contributed by atoms with Gasteiger partial charge in [0.25, 0.3) is 0 Å². The molecule has 202 valence electrons. The zero-order chi connectivity index (χ0) is 26.8. The molecule has 10 nitrogen and oxygen atoms in total. The predicted molar refractivity (Wildman–Crippen MR) is 151 cm³/mol. The first-order chi connectivity index (χ1) is 19.0. The summed E-state index contributed by atoms with van der Waals surface area (Å²) in [5.74, 6) is 0.373. The molecule has 2 unspecified atom stereocenters. The third-order valence-corrected chi connectivity index (χ3v) is 7.90. The Morgan fingerprint density at radius 1 is 1.00 bits per heavy atom. The summed E-state index contributed by atoms with van der Waals surface area (Å²) in [5.41, 5.74) is 10.8. The number of aromatic carboxylic acids is 1. The Hall–Kier alpha value is -4.05. The lowest BCUT2D eigenvalue weighted by Crippen LogP contribution is -2.35. The molecule has 0 spiro atoms. The number of hydrogen-bond acceptors (Lipinski definition) is 8. The standard InChI is InChI=1S/C29H34N8O2/c30-21-4-3-5-22(14-21)34-29-35-26(25-27(36-29)37(17-33-25)23-6-1-2-7-23)32-16-18-8-13-24(31-15-18)19-9-11-20(12-10-19)28(38)39/h8-13,15,17,21-23H,1-7,14,16,30H2,(H,38,39)(H2,32,34,35,36). The lowest BCUT2D eigenvalue weighted by molar-refractivity contribution is 0.0697. The first kappa shape index (κ1) is 25.2. The van der Waals surface area contributed by atoms with E-state index in [2.05, 4.69) is 20.2 Å². The molecule has 0 radical (unpaired) electrons. The molecule has 2 fully saturated rings. The van der Waals surface area contributed by atoms with Crippen LogP contribution in [0.3, 0.4) is 0 Å². The third kappa shape index (κ3) is 5.56. The Morgan fingerprint density at radius 3 is 2.54 bits per heavy atom. The van der Waals surface area contributed by atoms with Crippen molar-refractivity contribution in [1.29, 1.82) is 0 Å². The Kier molecular flexibility index (Phi) is 7.10. The second-order valence-corrected chi connectivity index (χ2v) is 10.7. The van der Waals surface area contributed by atoms with Crippen molar-refractivity contribution in [2.75, 3.05) is 10.6 Å². The highest BCUT2D eigenvalue weighted by molar-refractivity contribution is 5.88. The average molecular weight is 527 g/mol. The van der Waals surface area contributed by atoms with Crippen LogP contribution in [0.4, 0.5) is 11.8 Å². The molecule has 0 aliphatic heterocycles. The number of benzene rings is 1. The molecule has 0 bridgehead atoms. The number of aromatic nitrogens is 5. The van der Waals surface area contributed by atoms with Crippen LogP contribution >= 0.6 is 0 Å². The van der Waals surface area contributed by atoms with Crippen molar-refractivity contribution in [3.05, 3.63) is 60.0 Å². The van der Waals surface area contributed by atoms with Crippen LogP contribution in [-0.2, 0) is 6.54 Å². The van der Waals surface area contributed by atoms with Gasteiger partial charge in [0.15, 0.2) is 17.0 Å². The third-order valence-electron chi connectivity index (χ3n) is 7.90. The molecule has 6 rings (SSSR count). The Morgan fingerprint density at radius 2 is 1.82 bits per heavy atom. The number of fused-ring (bicyclic) bond motifs is 1. The SMILES string of the molecule is NC1CCCC(Nc2nc(NCc3ccc(-c4ccc(C(=O)O)cc4)nc3)c3ncn(C4CCCC4)c3n2)C1. The van der Waals surface area contributed by atoms with Crippen LogP contribution in [0.2, 0.25) is 0 Å². The number of imidazole rings is 1. The van der Waals surface area contributed by atoms with E-state index in [1.165, 1.54) is 12.8 Å². The summed E-state index contributed by atoms with van der Waals surface area (Å²) in [6, 6.07) is 11.6. The van der Waals surface area contributed by atoms with Gasteiger partial charge in [-0.25, -0.2) is 9.78 Å². The van der Waals surface area contributed by atoms with Crippen molar-refractivity contribution in [3.8, 4) is 11.3 Å². The van der Waals surface area contributed by atoms with E-state index >= 15 is 0 Å². The van der Waals surface area contributed by atoms with E-state index in [0.29, 0.717) is 24.4 Å². The molecule has 3 aromatic heterocycles. The van der Waals surface area contributed by atoms with Gasteiger partial charge < -0.3 is 26.0 Å². The van der Waals surface area contributed by atoms with Crippen molar-refractivity contribution < 1.29 is 9.90 Å². The Bertz CT molecular complexity index is 1440. The van der Waals surface area contributed by atoms with Gasteiger partial charge in [-0.15, -0.1) is 0 Å². The topological polar surface area (TPSA) is 144 Å². The number of anilines is 2. The van der Waals surface area contributed by atoms with Gasteiger partial charge in [-0.2, -0.15) is 9.97 Å². The average Bonchev–Trinajstić information content (AvgIpc) is 3.62. The number of pyridine rings is 1. The number of hydrogen-bond donors (Lipinski definition) is 4. The molecule has 39 heavy (non-hydrogen) atoms. The molecule has 2 saturated carbocycles. The molecule has 10 heteroatoms. The van der Waals surface area contributed by atoms with Crippen molar-refractivity contribution >= 4 is 28.9 Å². The maximum absolute atomic E-state index is 11.1. The molecule has 3 heterocycles. The van der Waals surface area contributed by atoms with Crippen molar-refractivity contribution in [2.24, 2.45) is 5.73 Å². The Labute approximate surface area is 227 Å². The smallest absolute Gasteiger partial charge is 0.335 e. The van der Waals surface area contributed by atoms with Crippen molar-refractivity contribution in [2.45, 2.75) is 76.0 Å². The molecule has 4 aromatic rings. The van der Waals surface area contributed by atoms with E-state index in [4.69, 9.17) is 25.8 Å². The van der Waals surface area contributed by atoms with Crippen molar-refractivity contribution in [1.82, 2.24) is 24.5 Å². The van der Waals surface area contributed by atoms with Gasteiger partial charge in [0, 0.05) is 36.4 Å². The normalized spacial score (nSPS) is 19.8. The summed E-state index contributed by atoms with van der Waals surface area (Å²) in [6.45, 7) is 0.529. The summed E-state index contributed by atoms with van der Waals surface area (Å²) in [5, 5.41) is 16.2. The second-order valence-electron chi connectivity index (χ2n) is 10.7. The minimum Gasteiger partial charge on any atom is -0.478 e. The quantitative estimate of drug-likeness (QED) is 0.249. The van der Waals surface area contributed by atoms with Gasteiger partial charge in [-0.1, -0.05) is 31.0 Å². The second kappa shape index (κ2) is 11.0. The summed E-state index contributed by atoms with van der Waals surface area (Å²) in [4.78, 5) is 30.2. The highest BCUT2D eigenvalue weighted by Gasteiger charge is 2.24. The summed E-state index contributed by atoms with van der Waals surface area (Å²) in [7, 11) is 0. The number of carbonyl (C=O) groups is 1. The summed E-state index contributed by atoms with van der Waals surface area (Å²) < 4.78 is 2.22. The molecule has 2 aliphatic rings. The van der Waals surface area contributed by atoms with E-state index < -0.39 is 5.97 Å². The molecular weight excluding hydrogens is 492 g/mol. The fourth-order valence-electron chi connectivity index (χ4n) is 5.76. The van der Waals surface area contributed by atoms with Crippen LogP contribution in [0.15, 0.2) is 48.9 Å². The van der Waals surface area contributed by atoms with Crippen LogP contribution in [-0.4, -0.2) is 47.7 Å². The summed E-state index contributed by atoms with van der Waals surface area (Å²) >= 11 is 0. The highest BCUT2D eigenvalue weighted by Crippen LogP contribution is 2.33. The minimum absolute atomic E-state index is 0.215. The molecule has 2 atom stereocenters. The van der Waals surface area contributed by atoms with Crippen LogP contribution in [0, 0.1) is 0 Å². The minimum atomic E-state index is -0.941. The van der Waals surface area contributed by atoms with E-state index in [9.17, 15) is 4.79 Å². The maximum atomic E-state index is 11.1. The van der Waals surface area contributed by atoms with Crippen LogP contribution in [0.1, 0.15) is 73.3 Å². The lowest BCUT2D eigenvalue weighted by atomic mass is 9.92. The first-order valence-electron chi connectivity index (χ1n) is 13.8. The predicted octanol–water partition coefficient (Wildman–Crippen LogP) is 5.00. The molecule has 5 N–H and O–H groups in total. The number of nitrogens with zero attached hydrogens (tertiary/aromatic N) is 5. The number of carboxylic acids is 1. The highest BCUT2D eigenvalue weighted by atomic mass is 16.4. The first-order valence-corrected chi connectivity index (χ1v) is 13.8. The number of nitrogens with one attached hydrogen (secondary N) is 2. The fraction of sp³-hybridized carbons (Fsp3) is 0.414. The van der Waals surface area contributed by atoms with Crippen molar-refractivity contribution in [3.63, 3.8) is 0 Å². The van der Waals surface area contributed by atoms with Gasteiger partial charge in [0.05, 0.1) is 17.6 Å². The van der Waals surface area contributed by atoms with Gasteiger partial charge in [-0.3, -0.25) is 4.98 Å². The fourth-order valence-corrected chi connectivity index (χ4v) is 5.76. The van der Waals surface area contributed by atoms with Crippen LogP contribution in [0.25, 0.3) is 22.4 Å². The van der Waals surface area contributed by atoms with E-state index in [1.807, 2.05) is 24.7 Å². The van der Waals surface area contributed by atoms with Crippen LogP contribution < -0.4 is 16.4 Å². The van der Waals surface area contributed by atoms with E-state index in [-0.39, 0.29) is 17.6 Å². The monoisotopic (exact) mass is 526 g/mol.